The number of benzene rings is 2. The minimum Gasteiger partial charge on any atom is -0.379 e. The first-order valence-electron chi connectivity index (χ1n) is 5.74. The lowest BCUT2D eigenvalue weighted by Crippen LogP contribution is -2.10. The first-order chi connectivity index (χ1) is 9.47. The first-order valence-corrected chi connectivity index (χ1v) is 6.91. The van der Waals surface area contributed by atoms with Crippen molar-refractivity contribution in [3.8, 4) is 0 Å². The van der Waals surface area contributed by atoms with Crippen molar-refractivity contribution in [1.29, 1.82) is 0 Å². The van der Waals surface area contributed by atoms with Crippen LogP contribution in [0, 0.1) is 5.82 Å². The molecule has 3 N–H and O–H groups in total. The van der Waals surface area contributed by atoms with Crippen LogP contribution >= 0.6 is 27.5 Å². The van der Waals surface area contributed by atoms with Gasteiger partial charge in [0.1, 0.15) is 5.82 Å². The summed E-state index contributed by atoms with van der Waals surface area (Å²) in [5, 5.41) is 3.41. The fourth-order valence-electron chi connectivity index (χ4n) is 1.69. The lowest BCUT2D eigenvalue weighted by Gasteiger charge is -2.11. The van der Waals surface area contributed by atoms with Gasteiger partial charge in [0.2, 0.25) is 5.91 Å². The lowest BCUT2D eigenvalue weighted by atomic mass is 10.1. The van der Waals surface area contributed by atoms with Crippen LogP contribution in [-0.2, 0) is 6.54 Å². The number of nitrogens with one attached hydrogen (secondary N) is 1. The summed E-state index contributed by atoms with van der Waals surface area (Å²) in [6, 6.07) is 9.47. The molecule has 6 heteroatoms. The van der Waals surface area contributed by atoms with Crippen LogP contribution in [0.4, 0.5) is 10.1 Å². The van der Waals surface area contributed by atoms with Crippen LogP contribution in [-0.4, -0.2) is 5.91 Å². The second-order valence-electron chi connectivity index (χ2n) is 4.16. The second-order valence-corrected chi connectivity index (χ2v) is 5.42. The van der Waals surface area contributed by atoms with E-state index in [-0.39, 0.29) is 0 Å². The third-order valence-corrected chi connectivity index (χ3v) is 3.64. The summed E-state index contributed by atoms with van der Waals surface area (Å²) in [4.78, 5) is 11.0. The Kier molecular flexibility index (Phi) is 4.62. The maximum Gasteiger partial charge on any atom is 0.248 e. The molecule has 20 heavy (non-hydrogen) atoms. The largest absolute Gasteiger partial charge is 0.379 e. The SMILES string of the molecule is NC(=O)c1ccc(CNc2c(Cl)cc(F)cc2Br)cc1. The molecule has 0 atom stereocenters. The van der Waals surface area contributed by atoms with Crippen LogP contribution in [0.3, 0.4) is 0 Å². The van der Waals surface area contributed by atoms with E-state index in [1.165, 1.54) is 12.1 Å². The molecule has 2 rings (SSSR count). The minimum atomic E-state index is -0.464. The number of carbonyl (C=O) groups excluding carboxylic acids is 1. The van der Waals surface area contributed by atoms with Gasteiger partial charge in [-0.05, 0) is 45.8 Å². The van der Waals surface area contributed by atoms with E-state index in [1.807, 2.05) is 0 Å². The zero-order valence-electron chi connectivity index (χ0n) is 10.3. The zero-order chi connectivity index (χ0) is 14.7. The van der Waals surface area contributed by atoms with Crippen molar-refractivity contribution in [2.45, 2.75) is 6.54 Å². The number of carbonyl (C=O) groups is 1. The molecule has 3 nitrogen and oxygen atoms in total. The van der Waals surface area contributed by atoms with E-state index in [1.54, 1.807) is 24.3 Å². The maximum absolute atomic E-state index is 13.1. The summed E-state index contributed by atoms with van der Waals surface area (Å²) in [6.45, 7) is 0.489. The van der Waals surface area contributed by atoms with Crippen LogP contribution in [0.2, 0.25) is 5.02 Å². The van der Waals surface area contributed by atoms with E-state index >= 15 is 0 Å². The Balaban J connectivity index is 2.11. The number of hydrogen-bond acceptors (Lipinski definition) is 2. The number of amides is 1. The minimum absolute atomic E-state index is 0.297. The van der Waals surface area contributed by atoms with Crippen molar-refractivity contribution in [1.82, 2.24) is 0 Å². The predicted octanol–water partition coefficient (Wildman–Crippen LogP) is 3.95. The highest BCUT2D eigenvalue weighted by Crippen LogP contribution is 2.32. The van der Waals surface area contributed by atoms with Gasteiger partial charge in [-0.1, -0.05) is 23.7 Å². The van der Waals surface area contributed by atoms with Gasteiger partial charge in [0.05, 0.1) is 10.7 Å². The first kappa shape index (κ1) is 14.8. The average molecular weight is 358 g/mol. The van der Waals surface area contributed by atoms with Crippen molar-refractivity contribution in [2.24, 2.45) is 5.73 Å². The van der Waals surface area contributed by atoms with E-state index in [0.717, 1.165) is 5.56 Å². The summed E-state index contributed by atoms with van der Waals surface area (Å²) in [7, 11) is 0. The van der Waals surface area contributed by atoms with Crippen LogP contribution < -0.4 is 11.1 Å². The molecule has 2 aromatic carbocycles. The van der Waals surface area contributed by atoms with E-state index in [2.05, 4.69) is 21.2 Å². The summed E-state index contributed by atoms with van der Waals surface area (Å²) < 4.78 is 13.7. The fraction of sp³-hybridized carbons (Fsp3) is 0.0714. The smallest absolute Gasteiger partial charge is 0.248 e. The van der Waals surface area contributed by atoms with Crippen molar-refractivity contribution < 1.29 is 9.18 Å². The summed E-state index contributed by atoms with van der Waals surface area (Å²) >= 11 is 9.23. The molecule has 0 aliphatic heterocycles. The van der Waals surface area contributed by atoms with Gasteiger partial charge >= 0.3 is 0 Å². The molecular formula is C14H11BrClFN2O. The highest BCUT2D eigenvalue weighted by atomic mass is 79.9. The molecule has 0 saturated carbocycles. The monoisotopic (exact) mass is 356 g/mol. The zero-order valence-corrected chi connectivity index (χ0v) is 12.6. The van der Waals surface area contributed by atoms with E-state index < -0.39 is 11.7 Å². The summed E-state index contributed by atoms with van der Waals surface area (Å²) in [5.74, 6) is -0.868. The normalized spacial score (nSPS) is 10.3. The summed E-state index contributed by atoms with van der Waals surface area (Å²) in [6.07, 6.45) is 0. The van der Waals surface area contributed by atoms with Gasteiger partial charge in [0.25, 0.3) is 0 Å². The molecule has 0 spiro atoms. The van der Waals surface area contributed by atoms with Crippen LogP contribution in [0.25, 0.3) is 0 Å². The summed E-state index contributed by atoms with van der Waals surface area (Å²) in [5.41, 5.74) is 7.19. The Hall–Kier alpha value is -1.59. The van der Waals surface area contributed by atoms with Crippen molar-refractivity contribution in [3.05, 3.63) is 62.8 Å². The highest BCUT2D eigenvalue weighted by molar-refractivity contribution is 9.10. The number of rotatable bonds is 4. The molecule has 0 aliphatic carbocycles. The van der Waals surface area contributed by atoms with Gasteiger partial charge in [-0.3, -0.25) is 4.79 Å². The van der Waals surface area contributed by atoms with Gasteiger partial charge in [-0.2, -0.15) is 0 Å². The number of halogens is 3. The Morgan fingerprint density at radius 3 is 2.50 bits per heavy atom. The third-order valence-electron chi connectivity index (χ3n) is 2.71. The molecule has 0 heterocycles. The third kappa shape index (κ3) is 3.49. The molecule has 0 fully saturated rings. The molecule has 0 aromatic heterocycles. The Labute approximate surface area is 129 Å². The van der Waals surface area contributed by atoms with Crippen LogP contribution in [0.1, 0.15) is 15.9 Å². The van der Waals surface area contributed by atoms with Gasteiger partial charge in [-0.25, -0.2) is 4.39 Å². The van der Waals surface area contributed by atoms with Crippen LogP contribution in [0.5, 0.6) is 0 Å². The molecule has 0 bridgehead atoms. The number of primary amides is 1. The highest BCUT2D eigenvalue weighted by Gasteiger charge is 2.08. The lowest BCUT2D eigenvalue weighted by molar-refractivity contribution is 0.100. The number of nitrogens with two attached hydrogens (primary N) is 1. The Bertz CT molecular complexity index is 623. The van der Waals surface area contributed by atoms with Crippen LogP contribution in [0.15, 0.2) is 40.9 Å². The molecule has 1 amide bonds. The van der Waals surface area contributed by atoms with E-state index in [9.17, 15) is 9.18 Å². The molecular weight excluding hydrogens is 347 g/mol. The molecule has 0 radical (unpaired) electrons. The average Bonchev–Trinajstić information content (AvgIpc) is 2.38. The number of hydrogen-bond donors (Lipinski definition) is 2. The Morgan fingerprint density at radius 2 is 1.95 bits per heavy atom. The maximum atomic E-state index is 13.1. The topological polar surface area (TPSA) is 55.1 Å². The predicted molar refractivity (Wildman–Crippen MR) is 81.4 cm³/mol. The fourth-order valence-corrected chi connectivity index (χ4v) is 2.65. The van der Waals surface area contributed by atoms with Gasteiger partial charge < -0.3 is 11.1 Å². The second kappa shape index (κ2) is 6.24. The molecule has 0 saturated heterocycles. The van der Waals surface area contributed by atoms with Crippen molar-refractivity contribution in [2.75, 3.05) is 5.32 Å². The standard InChI is InChI=1S/C14H11BrClFN2O/c15-11-5-10(17)6-12(16)13(11)19-7-8-1-3-9(4-2-8)14(18)20/h1-6,19H,7H2,(H2,18,20). The van der Waals surface area contributed by atoms with Gasteiger partial charge in [-0.15, -0.1) is 0 Å². The van der Waals surface area contributed by atoms with Crippen molar-refractivity contribution >= 4 is 39.1 Å². The van der Waals surface area contributed by atoms with Gasteiger partial charge in [0, 0.05) is 16.6 Å². The quantitative estimate of drug-likeness (QED) is 0.870. The number of anilines is 1. The van der Waals surface area contributed by atoms with Crippen molar-refractivity contribution in [3.63, 3.8) is 0 Å². The molecule has 0 unspecified atom stereocenters. The Morgan fingerprint density at radius 1 is 1.30 bits per heavy atom. The van der Waals surface area contributed by atoms with Gasteiger partial charge in [0.15, 0.2) is 0 Å². The molecule has 2 aromatic rings. The van der Waals surface area contributed by atoms with E-state index in [4.69, 9.17) is 17.3 Å². The van der Waals surface area contributed by atoms with E-state index in [0.29, 0.717) is 27.3 Å². The molecule has 104 valence electrons. The molecule has 0 aliphatic rings.